The molecular formula is C72H98F2N4O17. The van der Waals surface area contributed by atoms with Crippen LogP contribution in [0.2, 0.25) is 0 Å². The number of halogens is 2. The molecule has 3 aromatic carbocycles. The van der Waals surface area contributed by atoms with Crippen molar-refractivity contribution >= 4 is 53.7 Å². The van der Waals surface area contributed by atoms with Gasteiger partial charge in [-0.15, -0.1) is 0 Å². The fourth-order valence-corrected chi connectivity index (χ4v) is 11.7. The van der Waals surface area contributed by atoms with Gasteiger partial charge >= 0.3 is 35.9 Å². The third-order valence-electron chi connectivity index (χ3n) is 17.8. The summed E-state index contributed by atoms with van der Waals surface area (Å²) in [6, 6.07) is 18.0. The summed E-state index contributed by atoms with van der Waals surface area (Å²) in [4.78, 5) is 132. The van der Waals surface area contributed by atoms with E-state index in [-0.39, 0.29) is 56.0 Å². The van der Waals surface area contributed by atoms with Crippen LogP contribution in [-0.2, 0) is 95.7 Å². The van der Waals surface area contributed by atoms with Crippen molar-refractivity contribution in [1.82, 2.24) is 19.6 Å². The van der Waals surface area contributed by atoms with Crippen molar-refractivity contribution in [3.8, 4) is 0 Å². The molecule has 0 aromatic heterocycles. The first-order valence-electron chi connectivity index (χ1n) is 33.2. The fourth-order valence-electron chi connectivity index (χ4n) is 11.7. The Bertz CT molecular complexity index is 3070. The van der Waals surface area contributed by atoms with Crippen LogP contribution in [0.1, 0.15) is 165 Å². The number of benzene rings is 3. The van der Waals surface area contributed by atoms with E-state index >= 15 is 13.6 Å². The zero-order valence-electron chi connectivity index (χ0n) is 57.1. The quantitative estimate of drug-likeness (QED) is 0.0417. The van der Waals surface area contributed by atoms with Gasteiger partial charge in [-0.25, -0.2) is 37.5 Å². The number of amides is 4. The van der Waals surface area contributed by atoms with Gasteiger partial charge in [0.1, 0.15) is 47.7 Å². The van der Waals surface area contributed by atoms with Gasteiger partial charge < -0.3 is 52.6 Å². The second-order valence-corrected chi connectivity index (χ2v) is 28.1. The molecule has 4 fully saturated rings. The van der Waals surface area contributed by atoms with E-state index in [1.807, 2.05) is 54.6 Å². The van der Waals surface area contributed by atoms with Crippen LogP contribution in [0, 0.1) is 11.8 Å². The van der Waals surface area contributed by atoms with Crippen molar-refractivity contribution in [2.75, 3.05) is 67.8 Å². The average molecular weight is 1330 g/mol. The molecule has 4 amide bonds. The number of rotatable bonds is 32. The molecule has 2 saturated heterocycles. The van der Waals surface area contributed by atoms with Crippen LogP contribution >= 0.6 is 0 Å². The van der Waals surface area contributed by atoms with Crippen LogP contribution < -0.4 is 0 Å². The third-order valence-corrected chi connectivity index (χ3v) is 17.8. The topological polar surface area (TPSA) is 240 Å². The lowest BCUT2D eigenvalue weighted by molar-refractivity contribution is -0.172. The number of esters is 5. The number of hydrogen-bond donors (Lipinski definition) is 0. The Labute approximate surface area is 557 Å². The van der Waals surface area contributed by atoms with E-state index in [1.165, 1.54) is 55.9 Å². The lowest BCUT2D eigenvalue weighted by Crippen LogP contribution is -2.53. The highest BCUT2D eigenvalue weighted by Gasteiger charge is 2.44. The van der Waals surface area contributed by atoms with Crippen LogP contribution in [0.5, 0.6) is 0 Å². The summed E-state index contributed by atoms with van der Waals surface area (Å²) in [5.41, 5.74) is -1.15. The first-order valence-corrected chi connectivity index (χ1v) is 33.2. The molecule has 2 aliphatic heterocycles. The van der Waals surface area contributed by atoms with Crippen LogP contribution in [0.15, 0.2) is 78.9 Å². The molecule has 6 atom stereocenters. The first-order chi connectivity index (χ1) is 44.8. The largest absolute Gasteiger partial charge is 0.458 e. The summed E-state index contributed by atoms with van der Waals surface area (Å²) in [7, 11) is 5.17. The van der Waals surface area contributed by atoms with Crippen molar-refractivity contribution in [3.63, 3.8) is 0 Å². The van der Waals surface area contributed by atoms with Gasteiger partial charge in [-0.05, 0) is 138 Å². The van der Waals surface area contributed by atoms with Gasteiger partial charge in [0.2, 0.25) is 0 Å². The first kappa shape index (κ1) is 74.9. The van der Waals surface area contributed by atoms with Gasteiger partial charge in [0.05, 0.1) is 0 Å². The highest BCUT2D eigenvalue weighted by Crippen LogP contribution is 2.37. The molecule has 2 aliphatic carbocycles. The summed E-state index contributed by atoms with van der Waals surface area (Å²) in [6.07, 6.45) is 0.705. The predicted molar refractivity (Wildman–Crippen MR) is 346 cm³/mol. The van der Waals surface area contributed by atoms with Gasteiger partial charge in [0, 0.05) is 80.3 Å². The molecule has 3 aromatic rings. The molecule has 95 heavy (non-hydrogen) atoms. The zero-order chi connectivity index (χ0) is 69.4. The van der Waals surface area contributed by atoms with E-state index in [0.717, 1.165) is 74.8 Å². The summed E-state index contributed by atoms with van der Waals surface area (Å²) in [6.45, 7) is 10.4. The Morgan fingerprint density at radius 2 is 0.874 bits per heavy atom. The van der Waals surface area contributed by atoms with E-state index in [0.29, 0.717) is 50.4 Å². The predicted octanol–water partition coefficient (Wildman–Crippen LogP) is 9.51. The van der Waals surface area contributed by atoms with Crippen molar-refractivity contribution in [2.24, 2.45) is 11.8 Å². The minimum Gasteiger partial charge on any atom is -0.458 e. The monoisotopic (exact) mass is 1330 g/mol. The third kappa shape index (κ3) is 24.0. The van der Waals surface area contributed by atoms with Crippen molar-refractivity contribution in [3.05, 3.63) is 107 Å². The van der Waals surface area contributed by atoms with Crippen molar-refractivity contribution in [2.45, 2.75) is 210 Å². The van der Waals surface area contributed by atoms with Crippen LogP contribution in [-0.4, -0.2) is 194 Å². The normalized spacial score (nSPS) is 17.5. The number of nitrogens with zero attached hydrogens (tertiary/aromatic N) is 4. The Balaban J connectivity index is 1.10. The maximum Gasteiger partial charge on any atom is 0.410 e. The van der Waals surface area contributed by atoms with E-state index in [4.69, 9.17) is 37.9 Å². The van der Waals surface area contributed by atoms with Crippen LogP contribution in [0.4, 0.5) is 13.6 Å². The summed E-state index contributed by atoms with van der Waals surface area (Å²) >= 11 is 0. The Morgan fingerprint density at radius 1 is 0.474 bits per heavy atom. The maximum atomic E-state index is 16.0. The van der Waals surface area contributed by atoms with Gasteiger partial charge in [-0.2, -0.15) is 0 Å². The summed E-state index contributed by atoms with van der Waals surface area (Å²) in [5.74, 6) is -7.14. The molecule has 21 nitrogen and oxygen atoms in total. The van der Waals surface area contributed by atoms with Gasteiger partial charge in [0.15, 0.2) is 25.4 Å². The average Bonchev–Trinajstić information content (AvgIpc) is 1.83. The number of alkyl halides is 2. The molecule has 0 spiro atoms. The number of likely N-dealkylation sites (N-methyl/N-ethyl adjacent to an activating group) is 4. The Kier molecular flexibility index (Phi) is 26.7. The maximum absolute atomic E-state index is 16.0. The van der Waals surface area contributed by atoms with Crippen molar-refractivity contribution < 1.29 is 89.8 Å². The van der Waals surface area contributed by atoms with E-state index < -0.39 is 133 Å². The number of carbonyl (C=O) groups excluding carboxylic acids is 9. The van der Waals surface area contributed by atoms with Gasteiger partial charge in [-0.3, -0.25) is 19.3 Å². The standard InChI is InChI=1S/C72H98F2N4O17/c1-70(2,3)95-69(87)78(11)58(42-72(6,7)74)68(86)94-60(40-49-23-27-52(28-24-49)54-31-35-89-36-32-54)64(82)76(9)55(37-46-17-18-46)65(83)91-44-61(79)75(8)57(41-71(4,5)73)67(85)93-59(39-48-21-25-51(26-22-48)53-29-33-88-34-30-53)63(81)77(10)56(38-47-19-20-47)66(84)92-45-62(80)90-43-50-15-13-12-14-16-50/h12-16,21-28,46-47,53-60H,17-20,29-45H2,1-11H3/t55-,56-,57-,58-,59+,60+/m0/s1. The van der Waals surface area contributed by atoms with E-state index in [1.54, 1.807) is 45.0 Å². The van der Waals surface area contributed by atoms with Crippen LogP contribution in [0.3, 0.4) is 0 Å². The minimum atomic E-state index is -2.13. The molecule has 0 bridgehead atoms. The molecule has 522 valence electrons. The molecule has 0 unspecified atom stereocenters. The van der Waals surface area contributed by atoms with Gasteiger partial charge in [0.25, 0.3) is 17.7 Å². The molecule has 0 radical (unpaired) electrons. The Hall–Kier alpha value is -7.53. The second-order valence-electron chi connectivity index (χ2n) is 28.1. The fraction of sp³-hybridized carbons (Fsp3) is 0.625. The molecular weight excluding hydrogens is 1230 g/mol. The lowest BCUT2D eigenvalue weighted by Gasteiger charge is -2.34. The second kappa shape index (κ2) is 33.9. The summed E-state index contributed by atoms with van der Waals surface area (Å²) < 4.78 is 76.8. The van der Waals surface area contributed by atoms with Crippen molar-refractivity contribution in [1.29, 1.82) is 0 Å². The zero-order valence-corrected chi connectivity index (χ0v) is 57.1. The lowest BCUT2D eigenvalue weighted by atomic mass is 9.90. The molecule has 23 heteroatoms. The van der Waals surface area contributed by atoms with E-state index in [2.05, 4.69) is 0 Å². The number of ether oxygens (including phenoxy) is 8. The minimum absolute atomic E-state index is 0.0345. The molecule has 4 aliphatic rings. The molecule has 2 heterocycles. The van der Waals surface area contributed by atoms with Gasteiger partial charge in [-0.1, -0.05) is 105 Å². The molecule has 0 N–H and O–H groups in total. The highest BCUT2D eigenvalue weighted by molar-refractivity contribution is 5.93. The number of carbonyl (C=O) groups is 9. The SMILES string of the molecule is CN(C(=O)COC(=O)[C@H](CC1CC1)N(C)C(=O)[C@@H](Cc1ccc(C2CCOCC2)cc1)OC(=O)[C@H](CC(C)(C)F)N(C)C(=O)OC(C)(C)C)[C@@H](CC(C)(C)F)C(=O)O[C@H](Cc1ccc(C2CCOCC2)cc1)C(=O)N(C)[C@@H](CC1CC1)C(=O)OCC(=O)OCc1ccccc1. The van der Waals surface area contributed by atoms with E-state index in [9.17, 15) is 38.4 Å². The summed E-state index contributed by atoms with van der Waals surface area (Å²) in [5, 5.41) is 0. The highest BCUT2D eigenvalue weighted by atomic mass is 19.1. The van der Waals surface area contributed by atoms with Crippen LogP contribution in [0.25, 0.3) is 0 Å². The Morgan fingerprint density at radius 3 is 1.26 bits per heavy atom. The molecule has 7 rings (SSSR count). The number of hydrogen-bond acceptors (Lipinski definition) is 17. The smallest absolute Gasteiger partial charge is 0.410 e. The molecule has 2 saturated carbocycles.